The highest BCUT2D eigenvalue weighted by atomic mass is 35.5. The van der Waals surface area contributed by atoms with E-state index in [0.717, 1.165) is 23.4 Å². The van der Waals surface area contributed by atoms with Crippen LogP contribution in [-0.2, 0) is 7.05 Å². The molecule has 1 aromatic rings. The van der Waals surface area contributed by atoms with Crippen LogP contribution in [-0.4, -0.2) is 33.2 Å². The molecule has 4 saturated carbocycles. The topological polar surface area (TPSA) is 38.1 Å². The molecule has 5 heteroatoms. The van der Waals surface area contributed by atoms with Gasteiger partial charge in [0.1, 0.15) is 5.69 Å². The number of carbonyl (C=O) groups excluding carboxylic acids is 1. The Bertz CT molecular complexity index is 601. The van der Waals surface area contributed by atoms with Gasteiger partial charge in [0, 0.05) is 19.6 Å². The Morgan fingerprint density at radius 3 is 2.14 bits per heavy atom. The highest BCUT2D eigenvalue weighted by Gasteiger charge is 2.54. The normalized spacial score (nSPS) is 35.9. The summed E-state index contributed by atoms with van der Waals surface area (Å²) in [4.78, 5) is 15.1. The Balaban J connectivity index is 1.66. The SMILES string of the molecule is Cc1nn(C)c(C(=O)N(C)C23CC4CC(CC(C4)C2)C3)c1Cl. The first kappa shape index (κ1) is 14.6. The Hall–Kier alpha value is -1.03. The largest absolute Gasteiger partial charge is 0.335 e. The first-order valence-electron chi connectivity index (χ1n) is 8.37. The van der Waals surface area contributed by atoms with E-state index in [1.165, 1.54) is 38.5 Å². The van der Waals surface area contributed by atoms with Gasteiger partial charge in [0.15, 0.2) is 0 Å². The maximum atomic E-state index is 13.1. The van der Waals surface area contributed by atoms with E-state index >= 15 is 0 Å². The molecule has 5 rings (SSSR count). The van der Waals surface area contributed by atoms with E-state index in [9.17, 15) is 4.79 Å². The summed E-state index contributed by atoms with van der Waals surface area (Å²) in [6.07, 6.45) is 7.67. The predicted molar refractivity (Wildman–Crippen MR) is 86.0 cm³/mol. The summed E-state index contributed by atoms with van der Waals surface area (Å²) in [5, 5.41) is 4.80. The van der Waals surface area contributed by atoms with Gasteiger partial charge in [-0.1, -0.05) is 11.6 Å². The molecular weight excluding hydrogens is 298 g/mol. The van der Waals surface area contributed by atoms with E-state index in [-0.39, 0.29) is 11.4 Å². The van der Waals surface area contributed by atoms with Crippen LogP contribution in [0.15, 0.2) is 0 Å². The number of hydrogen-bond acceptors (Lipinski definition) is 2. The van der Waals surface area contributed by atoms with E-state index in [2.05, 4.69) is 5.10 Å². The average molecular weight is 322 g/mol. The molecule has 0 N–H and O–H groups in total. The number of carbonyl (C=O) groups is 1. The minimum absolute atomic E-state index is 0.0371. The molecule has 0 spiro atoms. The van der Waals surface area contributed by atoms with E-state index in [1.807, 2.05) is 18.9 Å². The highest BCUT2D eigenvalue weighted by molar-refractivity contribution is 6.34. The van der Waals surface area contributed by atoms with Gasteiger partial charge >= 0.3 is 0 Å². The lowest BCUT2D eigenvalue weighted by molar-refractivity contribution is -0.0668. The molecule has 4 aliphatic carbocycles. The van der Waals surface area contributed by atoms with Crippen molar-refractivity contribution in [3.63, 3.8) is 0 Å². The molecule has 0 aromatic carbocycles. The summed E-state index contributed by atoms with van der Waals surface area (Å²) in [7, 11) is 3.79. The Labute approximate surface area is 136 Å². The number of nitrogens with zero attached hydrogens (tertiary/aromatic N) is 3. The van der Waals surface area contributed by atoms with Crippen LogP contribution in [0.3, 0.4) is 0 Å². The molecule has 4 fully saturated rings. The lowest BCUT2D eigenvalue weighted by Gasteiger charge is -2.59. The number of halogens is 1. The molecule has 4 nitrogen and oxygen atoms in total. The number of aromatic nitrogens is 2. The third-order valence-electron chi connectivity index (χ3n) is 6.37. The second-order valence-corrected chi connectivity index (χ2v) is 8.26. The minimum Gasteiger partial charge on any atom is -0.335 e. The van der Waals surface area contributed by atoms with Crippen molar-refractivity contribution in [1.82, 2.24) is 14.7 Å². The zero-order valence-electron chi connectivity index (χ0n) is 13.6. The van der Waals surface area contributed by atoms with Crippen molar-refractivity contribution >= 4 is 17.5 Å². The number of amides is 1. The molecule has 22 heavy (non-hydrogen) atoms. The molecule has 0 saturated heterocycles. The molecule has 1 amide bonds. The van der Waals surface area contributed by atoms with Gasteiger partial charge in [-0.25, -0.2) is 0 Å². The van der Waals surface area contributed by atoms with Gasteiger partial charge in [-0.2, -0.15) is 5.10 Å². The Morgan fingerprint density at radius 1 is 1.23 bits per heavy atom. The van der Waals surface area contributed by atoms with Crippen LogP contribution in [0, 0.1) is 24.7 Å². The van der Waals surface area contributed by atoms with Crippen LogP contribution in [0.1, 0.15) is 54.7 Å². The van der Waals surface area contributed by atoms with Crippen LogP contribution >= 0.6 is 11.6 Å². The molecule has 0 atom stereocenters. The van der Waals surface area contributed by atoms with E-state index in [1.54, 1.807) is 11.7 Å². The van der Waals surface area contributed by atoms with Crippen molar-refractivity contribution in [3.8, 4) is 0 Å². The highest BCUT2D eigenvalue weighted by Crippen LogP contribution is 2.57. The van der Waals surface area contributed by atoms with Gasteiger partial charge in [0.2, 0.25) is 0 Å². The molecule has 1 heterocycles. The average Bonchev–Trinajstić information content (AvgIpc) is 2.69. The maximum Gasteiger partial charge on any atom is 0.273 e. The monoisotopic (exact) mass is 321 g/mol. The summed E-state index contributed by atoms with van der Waals surface area (Å²) < 4.78 is 1.64. The van der Waals surface area contributed by atoms with Gasteiger partial charge in [-0.3, -0.25) is 9.48 Å². The summed E-state index contributed by atoms with van der Waals surface area (Å²) in [6.45, 7) is 1.85. The minimum atomic E-state index is 0.0371. The molecule has 4 aliphatic rings. The molecular formula is C17H24ClN3O. The van der Waals surface area contributed by atoms with Crippen molar-refractivity contribution in [1.29, 1.82) is 0 Å². The predicted octanol–water partition coefficient (Wildman–Crippen LogP) is 3.42. The van der Waals surface area contributed by atoms with Crippen molar-refractivity contribution in [3.05, 3.63) is 16.4 Å². The molecule has 0 aliphatic heterocycles. The van der Waals surface area contributed by atoms with Crippen LogP contribution < -0.4 is 0 Å². The van der Waals surface area contributed by atoms with Crippen LogP contribution in [0.5, 0.6) is 0 Å². The van der Waals surface area contributed by atoms with Crippen LogP contribution in [0.4, 0.5) is 0 Å². The third kappa shape index (κ3) is 1.96. The van der Waals surface area contributed by atoms with Crippen molar-refractivity contribution in [2.24, 2.45) is 24.8 Å². The first-order valence-corrected chi connectivity index (χ1v) is 8.74. The second-order valence-electron chi connectivity index (χ2n) is 7.88. The number of aryl methyl sites for hydroxylation is 2. The van der Waals surface area contributed by atoms with Crippen LogP contribution in [0.2, 0.25) is 5.02 Å². The fourth-order valence-corrected chi connectivity index (χ4v) is 5.96. The fraction of sp³-hybridized carbons (Fsp3) is 0.765. The van der Waals surface area contributed by atoms with Crippen molar-refractivity contribution < 1.29 is 4.79 Å². The van der Waals surface area contributed by atoms with Crippen molar-refractivity contribution in [2.75, 3.05) is 7.05 Å². The lowest BCUT2D eigenvalue weighted by atomic mass is 9.52. The number of rotatable bonds is 2. The summed E-state index contributed by atoms with van der Waals surface area (Å²) in [6, 6.07) is 0. The summed E-state index contributed by atoms with van der Waals surface area (Å²) in [5.74, 6) is 2.51. The molecule has 0 radical (unpaired) electrons. The van der Waals surface area contributed by atoms with E-state index in [0.29, 0.717) is 10.7 Å². The molecule has 0 unspecified atom stereocenters. The maximum absolute atomic E-state index is 13.1. The third-order valence-corrected chi connectivity index (χ3v) is 6.83. The summed E-state index contributed by atoms with van der Waals surface area (Å²) >= 11 is 6.33. The van der Waals surface area contributed by atoms with Crippen LogP contribution in [0.25, 0.3) is 0 Å². The quantitative estimate of drug-likeness (QED) is 0.837. The Morgan fingerprint density at radius 2 is 1.73 bits per heavy atom. The number of hydrogen-bond donors (Lipinski definition) is 0. The van der Waals surface area contributed by atoms with Gasteiger partial charge in [0.25, 0.3) is 5.91 Å². The molecule has 4 bridgehead atoms. The molecule has 1 aromatic heterocycles. The van der Waals surface area contributed by atoms with Gasteiger partial charge in [0.05, 0.1) is 10.7 Å². The van der Waals surface area contributed by atoms with E-state index < -0.39 is 0 Å². The smallest absolute Gasteiger partial charge is 0.273 e. The summed E-state index contributed by atoms with van der Waals surface area (Å²) in [5.41, 5.74) is 1.33. The lowest BCUT2D eigenvalue weighted by Crippen LogP contribution is -2.60. The first-order chi connectivity index (χ1) is 10.4. The van der Waals surface area contributed by atoms with Gasteiger partial charge < -0.3 is 4.90 Å². The zero-order chi connectivity index (χ0) is 15.6. The van der Waals surface area contributed by atoms with Gasteiger partial charge in [-0.15, -0.1) is 0 Å². The standard InChI is InChI=1S/C17H24ClN3O/c1-10-14(18)15(21(3)19-10)16(22)20(2)17-7-11-4-12(8-17)6-13(5-11)9-17/h11-13H,4-9H2,1-3H3. The molecule has 120 valence electrons. The fourth-order valence-electron chi connectivity index (χ4n) is 5.71. The Kier molecular flexibility index (Phi) is 3.13. The second kappa shape index (κ2) is 4.73. The van der Waals surface area contributed by atoms with E-state index in [4.69, 9.17) is 11.6 Å². The van der Waals surface area contributed by atoms with Gasteiger partial charge in [-0.05, 0) is 63.2 Å². The zero-order valence-corrected chi connectivity index (χ0v) is 14.4. The van der Waals surface area contributed by atoms with Crippen molar-refractivity contribution in [2.45, 2.75) is 51.0 Å².